The van der Waals surface area contributed by atoms with Crippen LogP contribution in [0.2, 0.25) is 5.02 Å². The van der Waals surface area contributed by atoms with Crippen LogP contribution in [-0.2, 0) is 13.0 Å². The number of carbonyl (C=O) groups excluding carboxylic acids is 1. The summed E-state index contributed by atoms with van der Waals surface area (Å²) in [5.41, 5.74) is 2.05. The van der Waals surface area contributed by atoms with Gasteiger partial charge in [0, 0.05) is 27.8 Å². The summed E-state index contributed by atoms with van der Waals surface area (Å²) in [5, 5.41) is 8.84. The molecule has 0 aliphatic heterocycles. The molecule has 32 heavy (non-hydrogen) atoms. The number of benzene rings is 2. The summed E-state index contributed by atoms with van der Waals surface area (Å²) >= 11 is 5.94. The molecule has 0 bridgehead atoms. The highest BCUT2D eigenvalue weighted by Crippen LogP contribution is 2.34. The van der Waals surface area contributed by atoms with Crippen LogP contribution in [0.4, 0.5) is 0 Å². The van der Waals surface area contributed by atoms with Crippen LogP contribution >= 0.6 is 11.6 Å². The van der Waals surface area contributed by atoms with Crippen molar-refractivity contribution in [1.29, 1.82) is 0 Å². The van der Waals surface area contributed by atoms with Crippen molar-refractivity contribution in [2.24, 2.45) is 0 Å². The first-order valence-electron chi connectivity index (χ1n) is 10.1. The molecule has 0 atom stereocenters. The Labute approximate surface area is 192 Å². The lowest BCUT2D eigenvalue weighted by Gasteiger charge is -2.26. The number of aromatic nitrogens is 2. The molecule has 0 unspecified atom stereocenters. The molecule has 2 aromatic carbocycles. The minimum atomic E-state index is -0.183. The fourth-order valence-corrected chi connectivity index (χ4v) is 3.43. The van der Waals surface area contributed by atoms with Gasteiger partial charge in [0.15, 0.2) is 11.5 Å². The summed E-state index contributed by atoms with van der Waals surface area (Å²) in [5.74, 6) is 1.60. The van der Waals surface area contributed by atoms with E-state index in [-0.39, 0.29) is 18.5 Å². The monoisotopic (exact) mass is 455 g/mol. The van der Waals surface area contributed by atoms with Crippen LogP contribution in [-0.4, -0.2) is 41.3 Å². The first-order valence-corrected chi connectivity index (χ1v) is 10.5. The molecule has 8 heteroatoms. The van der Waals surface area contributed by atoms with Gasteiger partial charge in [-0.15, -0.1) is 16.8 Å². The maximum atomic E-state index is 13.4. The number of methoxy groups -OCH3 is 2. The molecule has 0 aliphatic rings. The second-order valence-electron chi connectivity index (χ2n) is 7.40. The Kier molecular flexibility index (Phi) is 7.53. The van der Waals surface area contributed by atoms with Gasteiger partial charge >= 0.3 is 0 Å². The lowest BCUT2D eigenvalue weighted by Crippen LogP contribution is -2.36. The summed E-state index contributed by atoms with van der Waals surface area (Å²) in [7, 11) is 3.11. The largest absolute Gasteiger partial charge is 0.493 e. The van der Waals surface area contributed by atoms with Gasteiger partial charge in [-0.25, -0.2) is 0 Å². The number of allylic oxidation sites excluding steroid dienone is 1. The molecular formula is C24H26ClN3O4. The summed E-state index contributed by atoms with van der Waals surface area (Å²) in [6, 6.07) is 10.5. The minimum absolute atomic E-state index is 0.107. The van der Waals surface area contributed by atoms with E-state index >= 15 is 0 Å². The molecule has 1 aromatic heterocycles. The third kappa shape index (κ3) is 5.11. The summed E-state index contributed by atoms with van der Waals surface area (Å²) < 4.78 is 16.7. The molecule has 0 N–H and O–H groups in total. The van der Waals surface area contributed by atoms with Crippen LogP contribution in [0.25, 0.3) is 11.5 Å². The van der Waals surface area contributed by atoms with E-state index in [0.717, 1.165) is 11.1 Å². The van der Waals surface area contributed by atoms with Gasteiger partial charge in [-0.05, 0) is 56.7 Å². The summed E-state index contributed by atoms with van der Waals surface area (Å²) in [6.07, 6.45) is 2.29. The van der Waals surface area contributed by atoms with Crippen molar-refractivity contribution in [2.75, 3.05) is 14.2 Å². The SMILES string of the molecule is C=CCc1cc(C(=O)N(Cc2nnc(-c3ccc(Cl)cc3)o2)C(C)C)cc(OC)c1OC. The zero-order valence-corrected chi connectivity index (χ0v) is 19.3. The van der Waals surface area contributed by atoms with Gasteiger partial charge in [0.1, 0.15) is 0 Å². The second kappa shape index (κ2) is 10.3. The van der Waals surface area contributed by atoms with E-state index in [1.807, 2.05) is 13.8 Å². The molecule has 7 nitrogen and oxygen atoms in total. The van der Waals surface area contributed by atoms with Gasteiger partial charge in [-0.3, -0.25) is 4.79 Å². The molecule has 3 aromatic rings. The van der Waals surface area contributed by atoms with Crippen molar-refractivity contribution in [3.63, 3.8) is 0 Å². The third-order valence-electron chi connectivity index (χ3n) is 4.91. The Balaban J connectivity index is 1.89. The minimum Gasteiger partial charge on any atom is -0.493 e. The van der Waals surface area contributed by atoms with Gasteiger partial charge in [-0.1, -0.05) is 17.7 Å². The van der Waals surface area contributed by atoms with E-state index in [9.17, 15) is 4.79 Å². The highest BCUT2D eigenvalue weighted by Gasteiger charge is 2.24. The average molecular weight is 456 g/mol. The lowest BCUT2D eigenvalue weighted by atomic mass is 10.0. The van der Waals surface area contributed by atoms with Crippen molar-refractivity contribution in [3.05, 3.63) is 71.1 Å². The molecule has 0 radical (unpaired) electrons. The maximum absolute atomic E-state index is 13.4. The Bertz CT molecular complexity index is 1090. The van der Waals surface area contributed by atoms with E-state index in [0.29, 0.717) is 40.3 Å². The molecular weight excluding hydrogens is 430 g/mol. The second-order valence-corrected chi connectivity index (χ2v) is 7.83. The van der Waals surface area contributed by atoms with E-state index < -0.39 is 0 Å². The van der Waals surface area contributed by atoms with Gasteiger partial charge in [0.25, 0.3) is 5.91 Å². The van der Waals surface area contributed by atoms with E-state index in [2.05, 4.69) is 16.8 Å². The van der Waals surface area contributed by atoms with Crippen molar-refractivity contribution in [1.82, 2.24) is 15.1 Å². The van der Waals surface area contributed by atoms with Gasteiger partial charge in [0.2, 0.25) is 11.8 Å². The lowest BCUT2D eigenvalue weighted by molar-refractivity contribution is 0.0672. The number of hydrogen-bond donors (Lipinski definition) is 0. The highest BCUT2D eigenvalue weighted by molar-refractivity contribution is 6.30. The predicted molar refractivity (Wildman–Crippen MR) is 123 cm³/mol. The highest BCUT2D eigenvalue weighted by atomic mass is 35.5. The number of carbonyl (C=O) groups is 1. The fraction of sp³-hybridized carbons (Fsp3) is 0.292. The standard InChI is InChI=1S/C24H26ClN3O4/c1-6-7-17-12-18(13-20(30-4)22(17)31-5)24(29)28(15(2)3)14-21-26-27-23(32-21)16-8-10-19(25)11-9-16/h6,8-13,15H,1,7,14H2,2-5H3. The predicted octanol–water partition coefficient (Wildman–Crippen LogP) is 5.19. The van der Waals surface area contributed by atoms with Crippen molar-refractivity contribution >= 4 is 17.5 Å². The molecule has 3 rings (SSSR count). The Hall–Kier alpha value is -3.32. The third-order valence-corrected chi connectivity index (χ3v) is 5.17. The zero-order chi connectivity index (χ0) is 23.3. The number of ether oxygens (including phenoxy) is 2. The van der Waals surface area contributed by atoms with Crippen LogP contribution in [0, 0.1) is 0 Å². The van der Waals surface area contributed by atoms with Gasteiger partial charge in [-0.2, -0.15) is 0 Å². The fourth-order valence-electron chi connectivity index (χ4n) is 3.30. The zero-order valence-electron chi connectivity index (χ0n) is 18.6. The molecule has 1 amide bonds. The molecule has 0 saturated carbocycles. The normalized spacial score (nSPS) is 10.8. The van der Waals surface area contributed by atoms with Crippen LogP contribution in [0.1, 0.15) is 35.7 Å². The van der Waals surface area contributed by atoms with Crippen molar-refractivity contribution < 1.29 is 18.7 Å². The van der Waals surface area contributed by atoms with E-state index in [1.54, 1.807) is 61.6 Å². The average Bonchev–Trinajstić information content (AvgIpc) is 3.25. The molecule has 0 fully saturated rings. The van der Waals surface area contributed by atoms with E-state index in [4.69, 9.17) is 25.5 Å². The Morgan fingerprint density at radius 2 is 1.91 bits per heavy atom. The topological polar surface area (TPSA) is 77.7 Å². The van der Waals surface area contributed by atoms with E-state index in [1.165, 1.54) is 0 Å². The smallest absolute Gasteiger partial charge is 0.254 e. The van der Waals surface area contributed by atoms with Gasteiger partial charge < -0.3 is 18.8 Å². The molecule has 0 spiro atoms. The molecule has 0 saturated heterocycles. The van der Waals surface area contributed by atoms with Crippen molar-refractivity contribution in [2.45, 2.75) is 32.9 Å². The van der Waals surface area contributed by atoms with Gasteiger partial charge in [0.05, 0.1) is 20.8 Å². The number of amides is 1. The van der Waals surface area contributed by atoms with Crippen LogP contribution in [0.5, 0.6) is 11.5 Å². The quantitative estimate of drug-likeness (QED) is 0.413. The Morgan fingerprint density at radius 1 is 1.19 bits per heavy atom. The summed E-state index contributed by atoms with van der Waals surface area (Å²) in [4.78, 5) is 15.1. The maximum Gasteiger partial charge on any atom is 0.254 e. The Morgan fingerprint density at radius 3 is 2.50 bits per heavy atom. The van der Waals surface area contributed by atoms with Crippen molar-refractivity contribution in [3.8, 4) is 23.0 Å². The molecule has 1 heterocycles. The number of nitrogens with zero attached hydrogens (tertiary/aromatic N) is 3. The number of hydrogen-bond acceptors (Lipinski definition) is 6. The molecule has 168 valence electrons. The number of halogens is 1. The summed E-state index contributed by atoms with van der Waals surface area (Å²) in [6.45, 7) is 7.82. The first kappa shape index (κ1) is 23.3. The van der Waals surface area contributed by atoms with Crippen LogP contribution < -0.4 is 9.47 Å². The van der Waals surface area contributed by atoms with Crippen LogP contribution in [0.15, 0.2) is 53.5 Å². The van der Waals surface area contributed by atoms with Crippen LogP contribution in [0.3, 0.4) is 0 Å². The number of rotatable bonds is 9. The molecule has 0 aliphatic carbocycles. The first-order chi connectivity index (χ1) is 15.4.